The van der Waals surface area contributed by atoms with Gasteiger partial charge in [-0.2, -0.15) is 0 Å². The number of carbonyl (C=O) groups is 3. The summed E-state index contributed by atoms with van der Waals surface area (Å²) in [5.74, 6) is -0.810. The Balaban J connectivity index is 1.54. The zero-order chi connectivity index (χ0) is 29.7. The van der Waals surface area contributed by atoms with Gasteiger partial charge in [0.25, 0.3) is 11.8 Å². The van der Waals surface area contributed by atoms with Gasteiger partial charge in [-0.3, -0.25) is 14.5 Å². The van der Waals surface area contributed by atoms with E-state index in [-0.39, 0.29) is 24.0 Å². The van der Waals surface area contributed by atoms with Crippen molar-refractivity contribution in [3.05, 3.63) is 86.2 Å². The predicted octanol–water partition coefficient (Wildman–Crippen LogP) is 6.41. The number of rotatable bonds is 9. The monoisotopic (exact) mass is 637 g/mol. The maximum atomic E-state index is 13.1. The Morgan fingerprint density at radius 3 is 2.49 bits per heavy atom. The topological polar surface area (TPSA) is 118 Å². The molecule has 2 N–H and O–H groups in total. The summed E-state index contributed by atoms with van der Waals surface area (Å²) in [6, 6.07) is 15.7. The maximum absolute atomic E-state index is 13.1. The standard InChI is InChI=1S/C30H28BrN3O6S/c1-5-39-24-13-19(22(31)15-25(24)40-16-27(35)32-20-11-9-17(2)10-12-20)14-26-28(36)34(4)30(41-26)33-23-8-6-7-21(18(23)3)29(37)38/h6-15H,5,16H2,1-4H3,(H,32,35)(H,37,38)/b26-14-,33-30?. The molecule has 0 aromatic heterocycles. The van der Waals surface area contributed by atoms with Crippen LogP contribution in [0.1, 0.15) is 34.0 Å². The van der Waals surface area contributed by atoms with E-state index in [0.717, 1.165) is 5.56 Å². The number of halogens is 1. The highest BCUT2D eigenvalue weighted by Gasteiger charge is 2.31. The second-order valence-corrected chi connectivity index (χ2v) is 10.9. The summed E-state index contributed by atoms with van der Waals surface area (Å²) in [5.41, 5.74) is 3.57. The number of amidine groups is 1. The number of amides is 2. The minimum atomic E-state index is -1.04. The van der Waals surface area contributed by atoms with Gasteiger partial charge in [-0.05, 0) is 86.1 Å². The van der Waals surface area contributed by atoms with Crippen LogP contribution in [-0.2, 0) is 9.59 Å². The highest BCUT2D eigenvalue weighted by molar-refractivity contribution is 9.10. The van der Waals surface area contributed by atoms with Gasteiger partial charge in [-0.1, -0.05) is 39.7 Å². The predicted molar refractivity (Wildman–Crippen MR) is 164 cm³/mol. The molecule has 4 rings (SSSR count). The average Bonchev–Trinajstić information content (AvgIpc) is 3.19. The Morgan fingerprint density at radius 1 is 1.10 bits per heavy atom. The molecular formula is C30H28BrN3O6S. The first-order valence-electron chi connectivity index (χ1n) is 12.6. The molecule has 1 fully saturated rings. The zero-order valence-electron chi connectivity index (χ0n) is 22.9. The van der Waals surface area contributed by atoms with Gasteiger partial charge in [0.2, 0.25) is 0 Å². The van der Waals surface area contributed by atoms with Gasteiger partial charge in [0.15, 0.2) is 23.3 Å². The van der Waals surface area contributed by atoms with Crippen LogP contribution in [0.4, 0.5) is 11.4 Å². The van der Waals surface area contributed by atoms with Gasteiger partial charge < -0.3 is 19.9 Å². The van der Waals surface area contributed by atoms with Crippen molar-refractivity contribution in [2.45, 2.75) is 20.8 Å². The summed E-state index contributed by atoms with van der Waals surface area (Å²) in [4.78, 5) is 43.4. The number of likely N-dealkylation sites (N-methyl/N-ethyl adjacent to an activating group) is 1. The van der Waals surface area contributed by atoms with Gasteiger partial charge in [0.05, 0.1) is 22.8 Å². The van der Waals surface area contributed by atoms with Crippen molar-refractivity contribution >= 4 is 68.1 Å². The van der Waals surface area contributed by atoms with E-state index in [0.29, 0.717) is 55.2 Å². The first-order chi connectivity index (χ1) is 19.6. The number of carboxylic acid groups (broad SMARTS) is 1. The van der Waals surface area contributed by atoms with Crippen LogP contribution in [-0.4, -0.2) is 53.2 Å². The lowest BCUT2D eigenvalue weighted by Crippen LogP contribution is -2.23. The number of carboxylic acids is 1. The van der Waals surface area contributed by atoms with Gasteiger partial charge in [0, 0.05) is 17.2 Å². The molecule has 1 aliphatic rings. The van der Waals surface area contributed by atoms with Crippen molar-refractivity contribution in [1.82, 2.24) is 4.90 Å². The summed E-state index contributed by atoms with van der Waals surface area (Å²) in [5, 5.41) is 12.6. The van der Waals surface area contributed by atoms with E-state index < -0.39 is 5.97 Å². The molecule has 212 valence electrons. The quantitative estimate of drug-likeness (QED) is 0.260. The fourth-order valence-corrected chi connectivity index (χ4v) is 5.30. The molecule has 11 heteroatoms. The number of ether oxygens (including phenoxy) is 2. The second kappa shape index (κ2) is 13.0. The van der Waals surface area contributed by atoms with Gasteiger partial charge >= 0.3 is 5.97 Å². The maximum Gasteiger partial charge on any atom is 0.336 e. The van der Waals surface area contributed by atoms with Crippen molar-refractivity contribution in [2.75, 3.05) is 25.6 Å². The van der Waals surface area contributed by atoms with Crippen molar-refractivity contribution in [3.8, 4) is 11.5 Å². The Labute approximate surface area is 250 Å². The molecule has 3 aromatic carbocycles. The number of thioether (sulfide) groups is 1. The number of benzene rings is 3. The minimum absolute atomic E-state index is 0.155. The molecule has 3 aromatic rings. The van der Waals surface area contributed by atoms with E-state index >= 15 is 0 Å². The first-order valence-corrected chi connectivity index (χ1v) is 14.2. The number of aliphatic imine (C=N–C) groups is 1. The van der Waals surface area contributed by atoms with E-state index in [1.54, 1.807) is 44.3 Å². The Bertz CT molecular complexity index is 1570. The van der Waals surface area contributed by atoms with E-state index in [1.165, 1.54) is 22.7 Å². The van der Waals surface area contributed by atoms with Crippen LogP contribution >= 0.6 is 27.7 Å². The summed E-state index contributed by atoms with van der Waals surface area (Å²) < 4.78 is 12.2. The number of hydrogen-bond acceptors (Lipinski definition) is 7. The number of anilines is 1. The van der Waals surface area contributed by atoms with Crippen LogP contribution in [0.5, 0.6) is 11.5 Å². The van der Waals surface area contributed by atoms with Gasteiger partial charge in [0.1, 0.15) is 0 Å². The third-order valence-electron chi connectivity index (χ3n) is 6.10. The zero-order valence-corrected chi connectivity index (χ0v) is 25.3. The summed E-state index contributed by atoms with van der Waals surface area (Å²) in [7, 11) is 1.62. The van der Waals surface area contributed by atoms with E-state index in [9.17, 15) is 19.5 Å². The molecule has 1 saturated heterocycles. The Hall–Kier alpha value is -4.09. The van der Waals surface area contributed by atoms with Crippen molar-refractivity contribution < 1.29 is 29.0 Å². The second-order valence-electron chi connectivity index (χ2n) is 9.08. The minimum Gasteiger partial charge on any atom is -0.490 e. The average molecular weight is 639 g/mol. The van der Waals surface area contributed by atoms with Crippen molar-refractivity contribution in [3.63, 3.8) is 0 Å². The third kappa shape index (κ3) is 7.17. The molecule has 9 nitrogen and oxygen atoms in total. The molecule has 1 aliphatic heterocycles. The molecule has 41 heavy (non-hydrogen) atoms. The summed E-state index contributed by atoms with van der Waals surface area (Å²) in [6.07, 6.45) is 1.72. The number of carbonyl (C=O) groups excluding carboxylic acids is 2. The fourth-order valence-electron chi connectivity index (χ4n) is 3.89. The van der Waals surface area contributed by atoms with E-state index in [1.807, 2.05) is 38.1 Å². The molecule has 2 amide bonds. The SMILES string of the molecule is CCOc1cc(/C=C2\SC(=Nc3cccc(C(=O)O)c3C)N(C)C2=O)c(Br)cc1OCC(=O)Nc1ccc(C)cc1. The summed E-state index contributed by atoms with van der Waals surface area (Å²) in [6.45, 7) is 5.64. The number of hydrogen-bond donors (Lipinski definition) is 2. The molecule has 0 radical (unpaired) electrons. The molecule has 0 saturated carbocycles. The lowest BCUT2D eigenvalue weighted by molar-refractivity contribution is -0.121. The van der Waals surface area contributed by atoms with Crippen LogP contribution in [0.3, 0.4) is 0 Å². The van der Waals surface area contributed by atoms with Crippen LogP contribution in [0.15, 0.2) is 69.0 Å². The molecule has 0 aliphatic carbocycles. The molecule has 0 bridgehead atoms. The van der Waals surface area contributed by atoms with Gasteiger partial charge in [-0.25, -0.2) is 9.79 Å². The van der Waals surface area contributed by atoms with E-state index in [2.05, 4.69) is 26.2 Å². The first kappa shape index (κ1) is 29.9. The normalized spacial score (nSPS) is 15.0. The number of nitrogens with one attached hydrogen (secondary N) is 1. The van der Waals surface area contributed by atoms with Crippen LogP contribution in [0.25, 0.3) is 6.08 Å². The summed E-state index contributed by atoms with van der Waals surface area (Å²) >= 11 is 4.72. The lowest BCUT2D eigenvalue weighted by atomic mass is 10.1. The van der Waals surface area contributed by atoms with Crippen LogP contribution in [0, 0.1) is 13.8 Å². The van der Waals surface area contributed by atoms with E-state index in [4.69, 9.17) is 9.47 Å². The highest BCUT2D eigenvalue weighted by Crippen LogP contribution is 2.39. The van der Waals surface area contributed by atoms with Crippen LogP contribution in [0.2, 0.25) is 0 Å². The largest absolute Gasteiger partial charge is 0.490 e. The third-order valence-corrected chi connectivity index (χ3v) is 7.85. The number of aromatic carboxylic acids is 1. The molecule has 1 heterocycles. The Kier molecular flexibility index (Phi) is 9.51. The fraction of sp³-hybridized carbons (Fsp3) is 0.200. The molecule has 0 unspecified atom stereocenters. The molecule has 0 atom stereocenters. The van der Waals surface area contributed by atoms with Crippen molar-refractivity contribution in [1.29, 1.82) is 0 Å². The highest BCUT2D eigenvalue weighted by atomic mass is 79.9. The van der Waals surface area contributed by atoms with Crippen molar-refractivity contribution in [2.24, 2.45) is 4.99 Å². The molecular weight excluding hydrogens is 610 g/mol. The smallest absolute Gasteiger partial charge is 0.336 e. The van der Waals surface area contributed by atoms with Gasteiger partial charge in [-0.15, -0.1) is 0 Å². The molecule has 0 spiro atoms. The Morgan fingerprint density at radius 2 is 1.80 bits per heavy atom. The number of nitrogens with zero attached hydrogens (tertiary/aromatic N) is 2. The number of aryl methyl sites for hydroxylation is 1. The lowest BCUT2D eigenvalue weighted by Gasteiger charge is -2.14. The van der Waals surface area contributed by atoms with Crippen LogP contribution < -0.4 is 14.8 Å².